The van der Waals surface area contributed by atoms with Gasteiger partial charge < -0.3 is 30.9 Å². The molecule has 0 radical (unpaired) electrons. The summed E-state index contributed by atoms with van der Waals surface area (Å²) in [5, 5.41) is 38.6. The zero-order valence-electron chi connectivity index (χ0n) is 11.1. The van der Waals surface area contributed by atoms with Gasteiger partial charge in [0, 0.05) is 0 Å². The first-order valence-electron chi connectivity index (χ1n) is 6.23. The van der Waals surface area contributed by atoms with Gasteiger partial charge in [-0.3, -0.25) is 4.57 Å². The molecular formula is C11H13N5O6. The molecule has 1 aliphatic heterocycles. The lowest BCUT2D eigenvalue weighted by molar-refractivity contribution is -0.183. The molecule has 22 heavy (non-hydrogen) atoms. The van der Waals surface area contributed by atoms with Crippen molar-refractivity contribution in [2.24, 2.45) is 0 Å². The summed E-state index contributed by atoms with van der Waals surface area (Å²) in [7, 11) is 0. The number of imidazole rings is 1. The molecule has 4 atom stereocenters. The van der Waals surface area contributed by atoms with Gasteiger partial charge in [0.15, 0.2) is 17.7 Å². The van der Waals surface area contributed by atoms with Crippen LogP contribution in [0.5, 0.6) is 0 Å². The number of carboxylic acid groups (broad SMARTS) is 1. The van der Waals surface area contributed by atoms with Crippen LogP contribution in [-0.4, -0.2) is 70.3 Å². The highest BCUT2D eigenvalue weighted by atomic mass is 16.6. The van der Waals surface area contributed by atoms with E-state index in [9.17, 15) is 25.2 Å². The highest BCUT2D eigenvalue weighted by molar-refractivity contribution is 5.81. The van der Waals surface area contributed by atoms with Crippen LogP contribution in [-0.2, 0) is 9.53 Å². The molecule has 0 spiro atoms. The zero-order valence-corrected chi connectivity index (χ0v) is 11.1. The summed E-state index contributed by atoms with van der Waals surface area (Å²) in [5.74, 6) is -1.49. The van der Waals surface area contributed by atoms with E-state index < -0.39 is 36.6 Å². The first kappa shape index (κ1) is 14.6. The lowest BCUT2D eigenvalue weighted by Crippen LogP contribution is -2.52. The van der Waals surface area contributed by atoms with Gasteiger partial charge in [0.2, 0.25) is 5.60 Å². The Balaban J connectivity index is 2.08. The van der Waals surface area contributed by atoms with Crippen LogP contribution in [0, 0.1) is 0 Å². The standard InChI is InChI=1S/C11H13N5O6/c12-7-4-8(14-2-13-7)16(3-15-4)9-5(18)6(19)11(1-17,22-9)10(20)21/h2-3,5-6,9,17-19H,1H2,(H,20,21)(H2,12,13,14)/t5?,6?,9-,11-/m1/s1. The first-order valence-corrected chi connectivity index (χ1v) is 6.23. The molecule has 118 valence electrons. The van der Waals surface area contributed by atoms with Crippen molar-refractivity contribution in [3.05, 3.63) is 12.7 Å². The largest absolute Gasteiger partial charge is 0.479 e. The maximum absolute atomic E-state index is 11.3. The van der Waals surface area contributed by atoms with E-state index in [0.717, 1.165) is 0 Å². The highest BCUT2D eigenvalue weighted by Crippen LogP contribution is 2.38. The SMILES string of the molecule is Nc1ncnc2c1ncn2[C@@H]1O[C@@](CO)(C(=O)O)C(O)C1O. The number of ether oxygens (including phenoxy) is 1. The predicted molar refractivity (Wildman–Crippen MR) is 69.3 cm³/mol. The van der Waals surface area contributed by atoms with Crippen molar-refractivity contribution < 1.29 is 30.0 Å². The van der Waals surface area contributed by atoms with Crippen molar-refractivity contribution in [2.45, 2.75) is 24.0 Å². The quantitative estimate of drug-likeness (QED) is 0.406. The Morgan fingerprint density at radius 2 is 2.14 bits per heavy atom. The molecule has 3 rings (SSSR count). The van der Waals surface area contributed by atoms with Crippen molar-refractivity contribution in [1.82, 2.24) is 19.5 Å². The molecule has 2 unspecified atom stereocenters. The van der Waals surface area contributed by atoms with E-state index in [2.05, 4.69) is 15.0 Å². The van der Waals surface area contributed by atoms with Crippen molar-refractivity contribution in [3.8, 4) is 0 Å². The lowest BCUT2D eigenvalue weighted by Gasteiger charge is -2.24. The minimum atomic E-state index is -2.33. The summed E-state index contributed by atoms with van der Waals surface area (Å²) < 4.78 is 6.47. The van der Waals surface area contributed by atoms with E-state index >= 15 is 0 Å². The van der Waals surface area contributed by atoms with Gasteiger partial charge in [-0.05, 0) is 0 Å². The van der Waals surface area contributed by atoms with E-state index in [1.54, 1.807) is 0 Å². The fourth-order valence-electron chi connectivity index (χ4n) is 2.44. The Morgan fingerprint density at radius 1 is 1.41 bits per heavy atom. The average Bonchev–Trinajstić information content (AvgIpc) is 3.02. The number of nitrogen functional groups attached to an aromatic ring is 1. The topological polar surface area (TPSA) is 177 Å². The van der Waals surface area contributed by atoms with Gasteiger partial charge in [-0.2, -0.15) is 0 Å². The van der Waals surface area contributed by atoms with Crippen LogP contribution in [0.1, 0.15) is 6.23 Å². The van der Waals surface area contributed by atoms with E-state index in [0.29, 0.717) is 0 Å². The van der Waals surface area contributed by atoms with Gasteiger partial charge in [0.05, 0.1) is 12.9 Å². The van der Waals surface area contributed by atoms with Crippen molar-refractivity contribution in [1.29, 1.82) is 0 Å². The Bertz CT molecular complexity index is 735. The Hall–Kier alpha value is -2.34. The molecule has 11 nitrogen and oxygen atoms in total. The molecule has 0 saturated carbocycles. The molecule has 11 heteroatoms. The normalized spacial score (nSPS) is 31.7. The highest BCUT2D eigenvalue weighted by Gasteiger charge is 2.60. The van der Waals surface area contributed by atoms with Gasteiger partial charge in [0.25, 0.3) is 0 Å². The smallest absolute Gasteiger partial charge is 0.341 e. The van der Waals surface area contributed by atoms with Crippen molar-refractivity contribution >= 4 is 23.0 Å². The van der Waals surface area contributed by atoms with Crippen molar-refractivity contribution in [3.63, 3.8) is 0 Å². The number of nitrogens with two attached hydrogens (primary N) is 1. The average molecular weight is 311 g/mol. The maximum atomic E-state index is 11.3. The summed E-state index contributed by atoms with van der Waals surface area (Å²) in [6.07, 6.45) is -2.36. The second kappa shape index (κ2) is 4.84. The summed E-state index contributed by atoms with van der Waals surface area (Å²) in [6, 6.07) is 0. The van der Waals surface area contributed by atoms with Gasteiger partial charge in [-0.15, -0.1) is 0 Å². The zero-order chi connectivity index (χ0) is 16.1. The van der Waals surface area contributed by atoms with Gasteiger partial charge in [-0.25, -0.2) is 19.7 Å². The van der Waals surface area contributed by atoms with Crippen molar-refractivity contribution in [2.75, 3.05) is 12.3 Å². The fourth-order valence-corrected chi connectivity index (χ4v) is 2.44. The van der Waals surface area contributed by atoms with Crippen LogP contribution >= 0.6 is 0 Å². The summed E-state index contributed by atoms with van der Waals surface area (Å²) >= 11 is 0. The number of fused-ring (bicyclic) bond motifs is 1. The molecule has 0 bridgehead atoms. The second-order valence-electron chi connectivity index (χ2n) is 4.88. The Labute approximate surface area is 122 Å². The number of aliphatic carboxylic acids is 1. The number of hydrogen-bond donors (Lipinski definition) is 5. The van der Waals surface area contributed by atoms with Crippen LogP contribution in [0.2, 0.25) is 0 Å². The first-order chi connectivity index (χ1) is 10.4. The minimum Gasteiger partial charge on any atom is -0.479 e. The molecule has 6 N–H and O–H groups in total. The molecule has 2 aromatic heterocycles. The van der Waals surface area contributed by atoms with E-state index in [4.69, 9.17) is 10.5 Å². The number of carbonyl (C=O) groups is 1. The van der Waals surface area contributed by atoms with Crippen LogP contribution in [0.15, 0.2) is 12.7 Å². The van der Waals surface area contributed by atoms with Crippen LogP contribution in [0.4, 0.5) is 5.82 Å². The number of rotatable bonds is 3. The maximum Gasteiger partial charge on any atom is 0.341 e. The number of anilines is 1. The molecule has 3 heterocycles. The minimum absolute atomic E-state index is 0.100. The van der Waals surface area contributed by atoms with E-state index in [1.807, 2.05) is 0 Å². The molecule has 0 amide bonds. The summed E-state index contributed by atoms with van der Waals surface area (Å²) in [6.45, 7) is -1.01. The number of aliphatic hydroxyl groups excluding tert-OH is 3. The number of nitrogens with zero attached hydrogens (tertiary/aromatic N) is 4. The molecule has 1 saturated heterocycles. The summed E-state index contributed by atoms with van der Waals surface area (Å²) in [5.41, 5.74) is 3.75. The third-order valence-corrected chi connectivity index (χ3v) is 3.68. The van der Waals surface area contributed by atoms with Crippen LogP contribution in [0.25, 0.3) is 11.2 Å². The molecule has 1 aliphatic rings. The van der Waals surface area contributed by atoms with Gasteiger partial charge in [-0.1, -0.05) is 0 Å². The number of hydrogen-bond acceptors (Lipinski definition) is 9. The molecule has 0 aromatic carbocycles. The van der Waals surface area contributed by atoms with E-state index in [-0.39, 0.29) is 17.0 Å². The third-order valence-electron chi connectivity index (χ3n) is 3.68. The molecule has 0 aliphatic carbocycles. The second-order valence-corrected chi connectivity index (χ2v) is 4.88. The van der Waals surface area contributed by atoms with E-state index in [1.165, 1.54) is 17.2 Å². The monoisotopic (exact) mass is 311 g/mol. The number of carboxylic acids is 1. The number of aromatic nitrogens is 4. The van der Waals surface area contributed by atoms with Crippen LogP contribution < -0.4 is 5.73 Å². The van der Waals surface area contributed by atoms with Crippen LogP contribution in [0.3, 0.4) is 0 Å². The molecule has 1 fully saturated rings. The van der Waals surface area contributed by atoms with Gasteiger partial charge in [0.1, 0.15) is 24.1 Å². The fraction of sp³-hybridized carbons (Fsp3) is 0.455. The summed E-state index contributed by atoms with van der Waals surface area (Å²) in [4.78, 5) is 23.0. The predicted octanol–water partition coefficient (Wildman–Crippen LogP) is -2.53. The Morgan fingerprint density at radius 3 is 2.73 bits per heavy atom. The molecular weight excluding hydrogens is 298 g/mol. The lowest BCUT2D eigenvalue weighted by atomic mass is 9.96. The third kappa shape index (κ3) is 1.77. The number of aliphatic hydroxyl groups is 3. The van der Waals surface area contributed by atoms with Gasteiger partial charge >= 0.3 is 5.97 Å². The Kier molecular flexibility index (Phi) is 3.21. The molecule has 2 aromatic rings.